The van der Waals surface area contributed by atoms with E-state index < -0.39 is 4.92 Å². The maximum Gasteiger partial charge on any atom is 0.312 e. The number of hydrogen-bond acceptors (Lipinski definition) is 6. The summed E-state index contributed by atoms with van der Waals surface area (Å²) in [6, 6.07) is 9.99. The number of nitro groups is 1. The Hall–Kier alpha value is -2.36. The third-order valence-corrected chi connectivity index (χ3v) is 5.14. The minimum atomic E-state index is -0.519. The fourth-order valence-electron chi connectivity index (χ4n) is 2.97. The summed E-state index contributed by atoms with van der Waals surface area (Å²) < 4.78 is 0.664. The van der Waals surface area contributed by atoms with Crippen LogP contribution in [-0.2, 0) is 4.79 Å². The molecule has 1 aromatic heterocycles. The molecule has 142 valence electrons. The number of carbonyl (C=O) groups is 1. The van der Waals surface area contributed by atoms with Crippen LogP contribution in [0.1, 0.15) is 0 Å². The number of aromatic nitrogens is 1. The molecule has 27 heavy (non-hydrogen) atoms. The lowest BCUT2D eigenvalue weighted by atomic mass is 10.2. The van der Waals surface area contributed by atoms with Gasteiger partial charge in [0, 0.05) is 42.9 Å². The van der Waals surface area contributed by atoms with Crippen molar-refractivity contribution in [1.82, 2.24) is 14.8 Å². The van der Waals surface area contributed by atoms with Gasteiger partial charge >= 0.3 is 5.69 Å². The van der Waals surface area contributed by atoms with Crippen LogP contribution in [0.5, 0.6) is 0 Å². The molecule has 0 bridgehead atoms. The Kier molecular flexibility index (Phi) is 6.15. The van der Waals surface area contributed by atoms with Crippen molar-refractivity contribution in [2.45, 2.75) is 0 Å². The van der Waals surface area contributed by atoms with Gasteiger partial charge in [-0.05, 0) is 41.2 Å². The minimum absolute atomic E-state index is 0.0218. The van der Waals surface area contributed by atoms with Crippen LogP contribution >= 0.6 is 15.9 Å². The summed E-state index contributed by atoms with van der Waals surface area (Å²) in [4.78, 5) is 33.9. The number of halogens is 1. The number of piperazine rings is 1. The van der Waals surface area contributed by atoms with Gasteiger partial charge in [-0.25, -0.2) is 4.98 Å². The molecule has 0 atom stereocenters. The van der Waals surface area contributed by atoms with Crippen molar-refractivity contribution in [1.29, 1.82) is 0 Å². The lowest BCUT2D eigenvalue weighted by Crippen LogP contribution is -2.48. The number of para-hydroxylation sites is 1. The van der Waals surface area contributed by atoms with Crippen LogP contribution in [0.2, 0.25) is 0 Å². The lowest BCUT2D eigenvalue weighted by Gasteiger charge is -2.33. The van der Waals surface area contributed by atoms with Crippen molar-refractivity contribution in [3.05, 3.63) is 57.2 Å². The van der Waals surface area contributed by atoms with E-state index in [0.29, 0.717) is 10.2 Å². The van der Waals surface area contributed by atoms with Gasteiger partial charge in [-0.1, -0.05) is 12.1 Å². The summed E-state index contributed by atoms with van der Waals surface area (Å²) in [7, 11) is 2.05. The Morgan fingerprint density at radius 1 is 1.22 bits per heavy atom. The second kappa shape index (κ2) is 8.55. The number of amides is 1. The number of hydrogen-bond donors (Lipinski definition) is 0. The largest absolute Gasteiger partial charge is 0.312 e. The SMILES string of the molecule is CN1CCN(CC(=O)N(c2ccccc2Br)c2ncccc2[N+](=O)[O-])CC1. The molecule has 2 aromatic rings. The van der Waals surface area contributed by atoms with Crippen LogP contribution in [0.15, 0.2) is 47.1 Å². The summed E-state index contributed by atoms with van der Waals surface area (Å²) in [5.41, 5.74) is 0.318. The standard InChI is InChI=1S/C18H20BrN5O3/c1-21-9-11-22(12-10-21)13-17(25)23(15-6-3-2-5-14(15)19)18-16(24(26)27)7-4-8-20-18/h2-8H,9-13H2,1H3. The minimum Gasteiger partial charge on any atom is -0.304 e. The average Bonchev–Trinajstić information content (AvgIpc) is 2.66. The van der Waals surface area contributed by atoms with E-state index >= 15 is 0 Å². The van der Waals surface area contributed by atoms with Crippen molar-refractivity contribution < 1.29 is 9.72 Å². The maximum atomic E-state index is 13.2. The normalized spacial score (nSPS) is 15.5. The second-order valence-corrected chi connectivity index (χ2v) is 7.22. The topological polar surface area (TPSA) is 82.8 Å². The Morgan fingerprint density at radius 3 is 2.59 bits per heavy atom. The van der Waals surface area contributed by atoms with Crippen molar-refractivity contribution >= 4 is 39.0 Å². The molecule has 8 nitrogen and oxygen atoms in total. The molecule has 1 aromatic carbocycles. The van der Waals surface area contributed by atoms with Gasteiger partial charge in [0.15, 0.2) is 0 Å². The molecule has 1 fully saturated rings. The molecule has 0 N–H and O–H groups in total. The lowest BCUT2D eigenvalue weighted by molar-refractivity contribution is -0.384. The maximum absolute atomic E-state index is 13.2. The van der Waals surface area contributed by atoms with E-state index in [4.69, 9.17) is 0 Å². The molecule has 0 radical (unpaired) electrons. The van der Waals surface area contributed by atoms with Gasteiger partial charge in [-0.15, -0.1) is 0 Å². The first-order valence-corrected chi connectivity index (χ1v) is 9.34. The number of pyridine rings is 1. The third-order valence-electron chi connectivity index (χ3n) is 4.47. The van der Waals surface area contributed by atoms with E-state index in [2.05, 4.69) is 30.7 Å². The highest BCUT2D eigenvalue weighted by Gasteiger charge is 2.30. The van der Waals surface area contributed by atoms with Gasteiger partial charge in [-0.2, -0.15) is 0 Å². The third kappa shape index (κ3) is 4.49. The zero-order valence-electron chi connectivity index (χ0n) is 14.9. The molecule has 3 rings (SSSR count). The van der Waals surface area contributed by atoms with Gasteiger partial charge < -0.3 is 4.90 Å². The Balaban J connectivity index is 1.97. The number of likely N-dealkylation sites (N-methyl/N-ethyl adjacent to an activating group) is 1. The zero-order valence-corrected chi connectivity index (χ0v) is 16.5. The van der Waals surface area contributed by atoms with Crippen LogP contribution in [0, 0.1) is 10.1 Å². The number of benzene rings is 1. The Bertz CT molecular complexity index is 839. The van der Waals surface area contributed by atoms with E-state index in [-0.39, 0.29) is 24.0 Å². The van der Waals surface area contributed by atoms with Gasteiger partial charge in [0.1, 0.15) is 0 Å². The van der Waals surface area contributed by atoms with Crippen LogP contribution < -0.4 is 4.90 Å². The van der Waals surface area contributed by atoms with Crippen molar-refractivity contribution in [3.8, 4) is 0 Å². The number of nitrogens with zero attached hydrogens (tertiary/aromatic N) is 5. The van der Waals surface area contributed by atoms with Gasteiger partial charge in [0.25, 0.3) is 0 Å². The molecule has 1 aliphatic rings. The predicted octanol–water partition coefficient (Wildman–Crippen LogP) is 2.66. The highest BCUT2D eigenvalue weighted by Crippen LogP contribution is 2.35. The number of rotatable bonds is 5. The van der Waals surface area contributed by atoms with Crippen LogP contribution in [-0.4, -0.2) is 65.4 Å². The molecule has 2 heterocycles. The van der Waals surface area contributed by atoms with Crippen molar-refractivity contribution in [3.63, 3.8) is 0 Å². The summed E-state index contributed by atoms with van der Waals surface area (Å²) in [5.74, 6) is -0.234. The van der Waals surface area contributed by atoms with Gasteiger partial charge in [0.05, 0.1) is 17.2 Å². The Labute approximate surface area is 165 Å². The number of carbonyl (C=O) groups excluding carboxylic acids is 1. The van der Waals surface area contributed by atoms with E-state index in [1.54, 1.807) is 18.2 Å². The zero-order chi connectivity index (χ0) is 19.4. The summed E-state index contributed by atoms with van der Waals surface area (Å²) in [6.45, 7) is 3.48. The summed E-state index contributed by atoms with van der Waals surface area (Å²) in [5, 5.41) is 11.5. The van der Waals surface area contributed by atoms with Crippen LogP contribution in [0.25, 0.3) is 0 Å². The first kappa shape index (κ1) is 19.4. The van der Waals surface area contributed by atoms with E-state index in [9.17, 15) is 14.9 Å². The fourth-order valence-corrected chi connectivity index (χ4v) is 3.43. The molecule has 1 amide bonds. The molecule has 0 unspecified atom stereocenters. The molecule has 0 saturated carbocycles. The first-order valence-electron chi connectivity index (χ1n) is 8.55. The summed E-state index contributed by atoms with van der Waals surface area (Å²) in [6.07, 6.45) is 1.45. The van der Waals surface area contributed by atoms with Crippen LogP contribution in [0.4, 0.5) is 17.2 Å². The molecular formula is C18H20BrN5O3. The predicted molar refractivity (Wildman–Crippen MR) is 106 cm³/mol. The molecular weight excluding hydrogens is 414 g/mol. The van der Waals surface area contributed by atoms with E-state index in [1.807, 2.05) is 13.1 Å². The molecule has 1 saturated heterocycles. The highest BCUT2D eigenvalue weighted by atomic mass is 79.9. The molecule has 0 aliphatic carbocycles. The van der Waals surface area contributed by atoms with E-state index in [1.165, 1.54) is 23.2 Å². The Morgan fingerprint density at radius 2 is 1.93 bits per heavy atom. The monoisotopic (exact) mass is 433 g/mol. The second-order valence-electron chi connectivity index (χ2n) is 6.36. The molecule has 0 spiro atoms. The fraction of sp³-hybridized carbons (Fsp3) is 0.333. The smallest absolute Gasteiger partial charge is 0.304 e. The van der Waals surface area contributed by atoms with Crippen LogP contribution in [0.3, 0.4) is 0 Å². The average molecular weight is 434 g/mol. The van der Waals surface area contributed by atoms with Crippen molar-refractivity contribution in [2.75, 3.05) is 44.7 Å². The van der Waals surface area contributed by atoms with Gasteiger partial charge in [-0.3, -0.25) is 24.7 Å². The first-order chi connectivity index (χ1) is 13.0. The van der Waals surface area contributed by atoms with Gasteiger partial charge in [0.2, 0.25) is 11.7 Å². The van der Waals surface area contributed by atoms with Crippen molar-refractivity contribution in [2.24, 2.45) is 0 Å². The summed E-state index contributed by atoms with van der Waals surface area (Å²) >= 11 is 3.45. The number of anilines is 2. The highest BCUT2D eigenvalue weighted by molar-refractivity contribution is 9.10. The van der Waals surface area contributed by atoms with E-state index in [0.717, 1.165) is 26.2 Å². The molecule has 1 aliphatic heterocycles. The molecule has 9 heteroatoms. The quantitative estimate of drug-likeness (QED) is 0.532.